The van der Waals surface area contributed by atoms with Crippen molar-refractivity contribution in [1.29, 1.82) is 0 Å². The van der Waals surface area contributed by atoms with Crippen LogP contribution in [-0.4, -0.2) is 25.4 Å². The number of H-pyrrole nitrogens is 2. The highest BCUT2D eigenvalue weighted by Gasteiger charge is 2.01. The molecular weight excluding hydrogens is 198 g/mol. The number of rotatable bonds is 0. The minimum absolute atomic E-state index is 0. The predicted molar refractivity (Wildman–Crippen MR) is 49.8 cm³/mol. The Morgan fingerprint density at radius 3 is 2.85 bits per heavy atom. The largest absolute Gasteiger partial charge is 0.412 e. The summed E-state index contributed by atoms with van der Waals surface area (Å²) in [6.07, 6.45) is 1.40. The summed E-state index contributed by atoms with van der Waals surface area (Å²) in [4.78, 5) is 23.5. The van der Waals surface area contributed by atoms with Gasteiger partial charge in [-0.2, -0.15) is 4.98 Å². The normalized spacial score (nSPS) is 8.92. The van der Waals surface area contributed by atoms with Crippen molar-refractivity contribution in [2.75, 3.05) is 5.73 Å². The van der Waals surface area contributed by atoms with E-state index in [0.717, 1.165) is 0 Å². The maximum absolute atomic E-state index is 11.0. The number of aromatic amines is 2. The molecule has 0 aliphatic carbocycles. The lowest BCUT2D eigenvalue weighted by Crippen LogP contribution is -2.10. The average molecular weight is 206 g/mol. The summed E-state index contributed by atoms with van der Waals surface area (Å²) in [6, 6.07) is 0. The minimum atomic E-state index is -0.301. The lowest BCUT2D eigenvalue weighted by Gasteiger charge is -1.89. The Morgan fingerprint density at radius 2 is 2.15 bits per heavy atom. The predicted octanol–water partition coefficient (Wildman–Crippen LogP) is -1.17. The van der Waals surface area contributed by atoms with Gasteiger partial charge < -0.3 is 16.2 Å². The Hall–Kier alpha value is -1.60. The van der Waals surface area contributed by atoms with Gasteiger partial charge in [0.15, 0.2) is 11.2 Å². The van der Waals surface area contributed by atoms with Gasteiger partial charge in [-0.1, -0.05) is 0 Å². The number of aromatic nitrogens is 4. The Bertz CT molecular complexity index is 449. The fourth-order valence-electron chi connectivity index (χ4n) is 0.860. The first kappa shape index (κ1) is 11.4. The van der Waals surface area contributed by atoms with Crippen LogP contribution in [0.2, 0.25) is 0 Å². The summed E-state index contributed by atoms with van der Waals surface area (Å²) in [5.74, 6) is 0.0783. The van der Waals surface area contributed by atoms with E-state index >= 15 is 0 Å². The lowest BCUT2D eigenvalue weighted by atomic mass is 10.5. The second-order valence-corrected chi connectivity index (χ2v) is 2.05. The number of nitrogens with one attached hydrogen (secondary N) is 2. The van der Waals surface area contributed by atoms with E-state index < -0.39 is 0 Å². The van der Waals surface area contributed by atoms with Crippen LogP contribution >= 0.6 is 12.4 Å². The number of nitrogens with two attached hydrogens (primary N) is 1. The molecule has 0 bridgehead atoms. The minimum Gasteiger partial charge on any atom is -0.412 e. The maximum Gasteiger partial charge on any atom is 0.278 e. The number of hydrogen-bond acceptors (Lipinski definition) is 4. The number of anilines is 1. The highest BCUT2D eigenvalue weighted by molar-refractivity contribution is 5.85. The van der Waals surface area contributed by atoms with Crippen LogP contribution in [0.15, 0.2) is 11.1 Å². The molecule has 0 aromatic carbocycles. The van der Waals surface area contributed by atoms with Gasteiger partial charge in [0.25, 0.3) is 5.56 Å². The van der Waals surface area contributed by atoms with Crippen LogP contribution in [0.3, 0.4) is 0 Å². The molecule has 0 amide bonds. The van der Waals surface area contributed by atoms with Gasteiger partial charge in [0.05, 0.1) is 6.33 Å². The van der Waals surface area contributed by atoms with Crippen LogP contribution < -0.4 is 11.3 Å². The van der Waals surface area contributed by atoms with Crippen LogP contribution in [-0.2, 0) is 0 Å². The highest BCUT2D eigenvalue weighted by atomic mass is 35.5. The van der Waals surface area contributed by atoms with Gasteiger partial charge >= 0.3 is 0 Å². The fraction of sp³-hybridized carbons (Fsp3) is 0. The first-order valence-corrected chi connectivity index (χ1v) is 2.96. The molecule has 2 aromatic rings. The van der Waals surface area contributed by atoms with Gasteiger partial charge in [-0.15, -0.1) is 12.4 Å². The van der Waals surface area contributed by atoms with Crippen molar-refractivity contribution in [3.05, 3.63) is 16.7 Å². The molecule has 7 nitrogen and oxygen atoms in total. The zero-order chi connectivity index (χ0) is 7.84. The van der Waals surface area contributed by atoms with Gasteiger partial charge in [0, 0.05) is 0 Å². The Labute approximate surface area is 78.1 Å². The maximum atomic E-state index is 11.0. The molecule has 0 saturated carbocycles. The number of hydrogen-bond donors (Lipinski definition) is 3. The first-order valence-electron chi connectivity index (χ1n) is 2.96. The van der Waals surface area contributed by atoms with Crippen molar-refractivity contribution in [1.82, 2.24) is 19.9 Å². The molecular formula is C5H8ClN5O2. The van der Waals surface area contributed by atoms with Crippen molar-refractivity contribution in [2.24, 2.45) is 0 Å². The molecule has 6 N–H and O–H groups in total. The fourth-order valence-corrected chi connectivity index (χ4v) is 0.860. The molecule has 0 atom stereocenters. The highest BCUT2D eigenvalue weighted by Crippen LogP contribution is 1.98. The van der Waals surface area contributed by atoms with Crippen molar-refractivity contribution in [3.63, 3.8) is 0 Å². The zero-order valence-electron chi connectivity index (χ0n) is 6.37. The van der Waals surface area contributed by atoms with Gasteiger partial charge in [-0.25, -0.2) is 4.98 Å². The molecule has 72 valence electrons. The van der Waals surface area contributed by atoms with Crippen molar-refractivity contribution < 1.29 is 5.48 Å². The molecule has 13 heavy (non-hydrogen) atoms. The van der Waals surface area contributed by atoms with E-state index in [4.69, 9.17) is 5.73 Å². The molecule has 0 aliphatic heterocycles. The van der Waals surface area contributed by atoms with Crippen LogP contribution in [0, 0.1) is 0 Å². The molecule has 2 heterocycles. The SMILES string of the molecule is Cl.Nc1nc2nc[nH]c2c(=O)[nH]1.O. The standard InChI is InChI=1S/C5H5N5O.ClH.H2O/c6-5-9-3-2(4(11)10-5)7-1-8-3;;/h1H,(H4,6,7,8,9,10,11);1H;1H2. The summed E-state index contributed by atoms with van der Waals surface area (Å²) >= 11 is 0. The number of nitrogens with zero attached hydrogens (tertiary/aromatic N) is 2. The van der Waals surface area contributed by atoms with E-state index in [1.165, 1.54) is 6.33 Å². The Kier molecular flexibility index (Phi) is 3.40. The second kappa shape index (κ2) is 3.87. The first-order chi connectivity index (χ1) is 5.27. The molecule has 2 aromatic heterocycles. The van der Waals surface area contributed by atoms with Crippen molar-refractivity contribution in [2.45, 2.75) is 0 Å². The summed E-state index contributed by atoms with van der Waals surface area (Å²) in [7, 11) is 0. The van der Waals surface area contributed by atoms with E-state index in [1.807, 2.05) is 0 Å². The lowest BCUT2D eigenvalue weighted by molar-refractivity contribution is 0.824. The van der Waals surface area contributed by atoms with Crippen molar-refractivity contribution in [3.8, 4) is 0 Å². The van der Waals surface area contributed by atoms with E-state index in [0.29, 0.717) is 11.2 Å². The molecule has 2 rings (SSSR count). The topological polar surface area (TPSA) is 132 Å². The van der Waals surface area contributed by atoms with Gasteiger partial charge in [-0.3, -0.25) is 9.78 Å². The number of imidazole rings is 1. The quantitative estimate of drug-likeness (QED) is 0.500. The Morgan fingerprint density at radius 1 is 1.46 bits per heavy atom. The zero-order valence-corrected chi connectivity index (χ0v) is 7.18. The number of halogens is 1. The monoisotopic (exact) mass is 205 g/mol. The van der Waals surface area contributed by atoms with Crippen molar-refractivity contribution >= 4 is 29.5 Å². The molecule has 0 spiro atoms. The molecule has 8 heteroatoms. The van der Waals surface area contributed by atoms with E-state index in [1.54, 1.807) is 0 Å². The van der Waals surface area contributed by atoms with Crippen LogP contribution in [0.5, 0.6) is 0 Å². The molecule has 0 saturated heterocycles. The summed E-state index contributed by atoms with van der Waals surface area (Å²) in [5.41, 5.74) is 5.65. The van der Waals surface area contributed by atoms with Crippen LogP contribution in [0.1, 0.15) is 0 Å². The third-order valence-corrected chi connectivity index (χ3v) is 1.31. The van der Waals surface area contributed by atoms with Crippen LogP contribution in [0.4, 0.5) is 5.95 Å². The molecule has 0 unspecified atom stereocenters. The Balaban J connectivity index is 0.000000720. The third-order valence-electron chi connectivity index (χ3n) is 1.31. The third kappa shape index (κ3) is 1.76. The van der Waals surface area contributed by atoms with E-state index in [2.05, 4.69) is 19.9 Å². The van der Waals surface area contributed by atoms with Gasteiger partial charge in [-0.05, 0) is 0 Å². The van der Waals surface area contributed by atoms with Gasteiger partial charge in [0.2, 0.25) is 5.95 Å². The van der Waals surface area contributed by atoms with Crippen LogP contribution in [0.25, 0.3) is 11.2 Å². The second-order valence-electron chi connectivity index (χ2n) is 2.05. The summed E-state index contributed by atoms with van der Waals surface area (Å²) in [5, 5.41) is 0. The summed E-state index contributed by atoms with van der Waals surface area (Å²) < 4.78 is 0. The smallest absolute Gasteiger partial charge is 0.278 e. The molecule has 0 fully saturated rings. The number of nitrogen functional groups attached to an aromatic ring is 1. The molecule has 0 aliphatic rings. The molecule has 0 radical (unpaired) electrons. The number of fused-ring (bicyclic) bond motifs is 1. The average Bonchev–Trinajstić information content (AvgIpc) is 2.34. The van der Waals surface area contributed by atoms with Gasteiger partial charge in [0.1, 0.15) is 0 Å². The van der Waals surface area contributed by atoms with E-state index in [-0.39, 0.29) is 29.4 Å². The van der Waals surface area contributed by atoms with E-state index in [9.17, 15) is 4.79 Å². The summed E-state index contributed by atoms with van der Waals surface area (Å²) in [6.45, 7) is 0.